The predicted octanol–water partition coefficient (Wildman–Crippen LogP) is 2.91. The summed E-state index contributed by atoms with van der Waals surface area (Å²) in [5.41, 5.74) is -1.14. The van der Waals surface area contributed by atoms with E-state index in [1.807, 2.05) is 6.92 Å². The standard InChI is InChI=1S/C15H27NO3/c1-11(10-12-8-6-5-7-9-12)13(17)16(4)15(2,3)14(18)19/h11-12H,5-10H2,1-4H3,(H,18,19). The van der Waals surface area contributed by atoms with Crippen LogP contribution in [0, 0.1) is 11.8 Å². The molecule has 1 aliphatic rings. The fourth-order valence-electron chi connectivity index (χ4n) is 2.77. The van der Waals surface area contributed by atoms with Crippen LogP contribution in [0.15, 0.2) is 0 Å². The van der Waals surface area contributed by atoms with Gasteiger partial charge in [0, 0.05) is 13.0 Å². The number of likely N-dealkylation sites (N-methyl/N-ethyl adjacent to an activating group) is 1. The number of nitrogens with zero attached hydrogens (tertiary/aromatic N) is 1. The molecule has 0 bridgehead atoms. The summed E-state index contributed by atoms with van der Waals surface area (Å²) in [6.45, 7) is 5.06. The number of carbonyl (C=O) groups excluding carboxylic acids is 1. The molecule has 1 unspecified atom stereocenters. The van der Waals surface area contributed by atoms with Crippen molar-refractivity contribution in [3.8, 4) is 0 Å². The Morgan fingerprint density at radius 2 is 1.79 bits per heavy atom. The Hall–Kier alpha value is -1.06. The monoisotopic (exact) mass is 269 g/mol. The second kappa shape index (κ2) is 6.40. The van der Waals surface area contributed by atoms with E-state index in [0.29, 0.717) is 5.92 Å². The molecule has 110 valence electrons. The van der Waals surface area contributed by atoms with E-state index in [-0.39, 0.29) is 11.8 Å². The molecular weight excluding hydrogens is 242 g/mol. The lowest BCUT2D eigenvalue weighted by atomic mass is 9.82. The first kappa shape index (κ1) is 16.0. The van der Waals surface area contributed by atoms with Gasteiger partial charge >= 0.3 is 5.97 Å². The first-order valence-corrected chi connectivity index (χ1v) is 7.28. The van der Waals surface area contributed by atoms with E-state index in [0.717, 1.165) is 6.42 Å². The van der Waals surface area contributed by atoms with E-state index >= 15 is 0 Å². The summed E-state index contributed by atoms with van der Waals surface area (Å²) in [5.74, 6) is -0.480. The van der Waals surface area contributed by atoms with Crippen LogP contribution in [0.5, 0.6) is 0 Å². The van der Waals surface area contributed by atoms with Gasteiger partial charge in [-0.3, -0.25) is 4.79 Å². The van der Waals surface area contributed by atoms with Gasteiger partial charge in [0.15, 0.2) is 0 Å². The molecule has 1 rings (SSSR count). The molecule has 0 aromatic carbocycles. The summed E-state index contributed by atoms with van der Waals surface area (Å²) >= 11 is 0. The van der Waals surface area contributed by atoms with Gasteiger partial charge < -0.3 is 10.0 Å². The molecule has 0 spiro atoms. The Balaban J connectivity index is 2.58. The van der Waals surface area contributed by atoms with Crippen molar-refractivity contribution in [3.05, 3.63) is 0 Å². The zero-order chi connectivity index (χ0) is 14.6. The first-order valence-electron chi connectivity index (χ1n) is 7.28. The highest BCUT2D eigenvalue weighted by Crippen LogP contribution is 2.30. The molecule has 1 amide bonds. The molecule has 4 nitrogen and oxygen atoms in total. The lowest BCUT2D eigenvalue weighted by molar-refractivity contribution is -0.157. The summed E-state index contributed by atoms with van der Waals surface area (Å²) in [6.07, 6.45) is 7.15. The quantitative estimate of drug-likeness (QED) is 0.835. The maximum atomic E-state index is 12.3. The maximum absolute atomic E-state index is 12.3. The van der Waals surface area contributed by atoms with E-state index in [1.54, 1.807) is 20.9 Å². The normalized spacial score (nSPS) is 18.9. The van der Waals surface area contributed by atoms with Crippen molar-refractivity contribution in [2.75, 3.05) is 7.05 Å². The van der Waals surface area contributed by atoms with Gasteiger partial charge in [-0.25, -0.2) is 4.79 Å². The van der Waals surface area contributed by atoms with Crippen molar-refractivity contribution in [2.45, 2.75) is 64.8 Å². The summed E-state index contributed by atoms with van der Waals surface area (Å²) in [6, 6.07) is 0. The minimum Gasteiger partial charge on any atom is -0.480 e. The molecular formula is C15H27NO3. The van der Waals surface area contributed by atoms with E-state index < -0.39 is 11.5 Å². The fraction of sp³-hybridized carbons (Fsp3) is 0.867. The molecule has 1 fully saturated rings. The zero-order valence-corrected chi connectivity index (χ0v) is 12.6. The van der Waals surface area contributed by atoms with Crippen LogP contribution in [0.3, 0.4) is 0 Å². The highest BCUT2D eigenvalue weighted by molar-refractivity contribution is 5.87. The van der Waals surface area contributed by atoms with Crippen LogP contribution in [0.2, 0.25) is 0 Å². The van der Waals surface area contributed by atoms with Crippen molar-refractivity contribution in [1.29, 1.82) is 0 Å². The number of carboxylic acid groups (broad SMARTS) is 1. The first-order chi connectivity index (χ1) is 8.76. The number of carboxylic acids is 1. The number of rotatable bonds is 5. The van der Waals surface area contributed by atoms with Crippen LogP contribution < -0.4 is 0 Å². The summed E-state index contributed by atoms with van der Waals surface area (Å²) < 4.78 is 0. The van der Waals surface area contributed by atoms with Crippen molar-refractivity contribution in [3.63, 3.8) is 0 Å². The Bertz CT molecular complexity index is 332. The lowest BCUT2D eigenvalue weighted by Gasteiger charge is -2.34. The maximum Gasteiger partial charge on any atom is 0.329 e. The van der Waals surface area contributed by atoms with Crippen LogP contribution in [0.25, 0.3) is 0 Å². The predicted molar refractivity (Wildman–Crippen MR) is 74.8 cm³/mol. The minimum atomic E-state index is -1.14. The number of carbonyl (C=O) groups is 2. The fourth-order valence-corrected chi connectivity index (χ4v) is 2.77. The van der Waals surface area contributed by atoms with E-state index in [1.165, 1.54) is 37.0 Å². The Labute approximate surface area is 116 Å². The van der Waals surface area contributed by atoms with Gasteiger partial charge in [-0.2, -0.15) is 0 Å². The molecule has 1 N–H and O–H groups in total. The highest BCUT2D eigenvalue weighted by atomic mass is 16.4. The molecule has 19 heavy (non-hydrogen) atoms. The highest BCUT2D eigenvalue weighted by Gasteiger charge is 2.37. The smallest absolute Gasteiger partial charge is 0.329 e. The van der Waals surface area contributed by atoms with Crippen LogP contribution in [-0.4, -0.2) is 34.5 Å². The van der Waals surface area contributed by atoms with Crippen molar-refractivity contribution < 1.29 is 14.7 Å². The van der Waals surface area contributed by atoms with Gasteiger partial charge in [0.25, 0.3) is 0 Å². The van der Waals surface area contributed by atoms with Crippen molar-refractivity contribution in [1.82, 2.24) is 4.90 Å². The van der Waals surface area contributed by atoms with Crippen LogP contribution in [-0.2, 0) is 9.59 Å². The second-order valence-electron chi connectivity index (χ2n) is 6.40. The molecule has 1 aliphatic carbocycles. The van der Waals surface area contributed by atoms with Crippen molar-refractivity contribution >= 4 is 11.9 Å². The topological polar surface area (TPSA) is 57.6 Å². The number of hydrogen-bond acceptors (Lipinski definition) is 2. The molecule has 0 saturated heterocycles. The molecule has 0 aliphatic heterocycles. The third kappa shape index (κ3) is 3.95. The Kier molecular flexibility index (Phi) is 5.39. The van der Waals surface area contributed by atoms with Gasteiger partial charge in [0.1, 0.15) is 5.54 Å². The van der Waals surface area contributed by atoms with E-state index in [9.17, 15) is 9.59 Å². The molecule has 1 saturated carbocycles. The summed E-state index contributed by atoms with van der Waals surface area (Å²) in [7, 11) is 1.59. The van der Waals surface area contributed by atoms with Gasteiger partial charge in [0.05, 0.1) is 0 Å². The molecule has 1 atom stereocenters. The van der Waals surface area contributed by atoms with E-state index in [2.05, 4.69) is 0 Å². The minimum absolute atomic E-state index is 0.0574. The Morgan fingerprint density at radius 3 is 2.26 bits per heavy atom. The molecule has 0 aromatic rings. The van der Waals surface area contributed by atoms with E-state index in [4.69, 9.17) is 5.11 Å². The summed E-state index contributed by atoms with van der Waals surface area (Å²) in [5, 5.41) is 9.17. The van der Waals surface area contributed by atoms with Gasteiger partial charge in [-0.15, -0.1) is 0 Å². The average Bonchev–Trinajstić information content (AvgIpc) is 2.37. The zero-order valence-electron chi connectivity index (χ0n) is 12.6. The second-order valence-corrected chi connectivity index (χ2v) is 6.40. The third-order valence-corrected chi connectivity index (χ3v) is 4.53. The van der Waals surface area contributed by atoms with Gasteiger partial charge in [-0.1, -0.05) is 39.0 Å². The van der Waals surface area contributed by atoms with Crippen LogP contribution >= 0.6 is 0 Å². The molecule has 4 heteroatoms. The van der Waals surface area contributed by atoms with Gasteiger partial charge in [0.2, 0.25) is 5.91 Å². The number of aliphatic carboxylic acids is 1. The number of hydrogen-bond donors (Lipinski definition) is 1. The largest absolute Gasteiger partial charge is 0.480 e. The van der Waals surface area contributed by atoms with Gasteiger partial charge in [-0.05, 0) is 26.2 Å². The number of amides is 1. The van der Waals surface area contributed by atoms with Crippen LogP contribution in [0.4, 0.5) is 0 Å². The summed E-state index contributed by atoms with van der Waals surface area (Å²) in [4.78, 5) is 24.9. The third-order valence-electron chi connectivity index (χ3n) is 4.53. The molecule has 0 aromatic heterocycles. The SMILES string of the molecule is CC(CC1CCCCC1)C(=O)N(C)C(C)(C)C(=O)O. The average molecular weight is 269 g/mol. The van der Waals surface area contributed by atoms with Crippen molar-refractivity contribution in [2.24, 2.45) is 11.8 Å². The molecule has 0 heterocycles. The lowest BCUT2D eigenvalue weighted by Crippen LogP contribution is -2.52. The Morgan fingerprint density at radius 1 is 1.26 bits per heavy atom. The van der Waals surface area contributed by atoms with Crippen LogP contribution in [0.1, 0.15) is 59.3 Å². The molecule has 0 radical (unpaired) electrons.